The molecule has 0 aliphatic heterocycles. The van der Waals surface area contributed by atoms with E-state index in [1.165, 1.54) is 0 Å². The maximum atomic E-state index is 14.6. The molecule has 0 spiro atoms. The van der Waals surface area contributed by atoms with Crippen LogP contribution in [0.3, 0.4) is 0 Å². The van der Waals surface area contributed by atoms with Crippen LogP contribution >= 0.6 is 0 Å². The maximum absolute atomic E-state index is 14.6. The first-order chi connectivity index (χ1) is 24.9. The highest BCUT2D eigenvalue weighted by Gasteiger charge is 2.32. The molecule has 0 amide bonds. The Morgan fingerprint density at radius 1 is 0.255 bits per heavy atom. The lowest BCUT2D eigenvalue weighted by molar-refractivity contribution is 0.997. The molecule has 10 rings (SSSR count). The molecule has 0 N–H and O–H groups in total. The zero-order valence-corrected chi connectivity index (χ0v) is 26.4. The largest absolute Gasteiger partial charge is 0.268 e. The van der Waals surface area contributed by atoms with E-state index in [4.69, 9.17) is 0 Å². The van der Waals surface area contributed by atoms with Gasteiger partial charge in [0.15, 0.2) is 0 Å². The van der Waals surface area contributed by atoms with E-state index in [0.717, 1.165) is 29.9 Å². The first kappa shape index (κ1) is 28.7. The van der Waals surface area contributed by atoms with Gasteiger partial charge in [0.25, 0.3) is 33.4 Å². The monoisotopic (exact) mass is 663 g/mol. The zero-order valence-electron chi connectivity index (χ0n) is 26.4. The van der Waals surface area contributed by atoms with Gasteiger partial charge in [-0.1, -0.05) is 109 Å². The van der Waals surface area contributed by atoms with Gasteiger partial charge in [0.1, 0.15) is 0 Å². The molecule has 0 aliphatic rings. The lowest BCUT2D eigenvalue weighted by Gasteiger charge is -2.06. The molecular weight excluding hydrogens is 642 g/mol. The van der Waals surface area contributed by atoms with E-state index < -0.39 is 33.4 Å². The molecule has 0 saturated carbocycles. The summed E-state index contributed by atoms with van der Waals surface area (Å²) >= 11 is 0. The van der Waals surface area contributed by atoms with E-state index in [1.807, 2.05) is 54.6 Å². The van der Waals surface area contributed by atoms with Gasteiger partial charge in [0.2, 0.25) is 0 Å². The Morgan fingerprint density at radius 3 is 0.725 bits per heavy atom. The molecule has 0 fully saturated rings. The fourth-order valence-electron chi connectivity index (χ4n) is 7.85. The first-order valence-electron chi connectivity index (χ1n) is 16.2. The number of rotatable bonds is 3. The highest BCUT2D eigenvalue weighted by molar-refractivity contribution is 6.25. The number of fused-ring (bicyclic) bond motifs is 9. The molecule has 0 aliphatic carbocycles. The second-order valence-electron chi connectivity index (χ2n) is 12.6. The number of benzene rings is 7. The molecule has 7 aromatic carbocycles. The molecule has 3 aromatic heterocycles. The van der Waals surface area contributed by atoms with Gasteiger partial charge in [0.05, 0.1) is 49.4 Å². The van der Waals surface area contributed by atoms with Gasteiger partial charge in [-0.15, -0.1) is 0 Å². The Balaban J connectivity index is 1.47. The average molecular weight is 664 g/mol. The fraction of sp³-hybridized carbons (Fsp3) is 0. The maximum Gasteiger partial charge on any atom is 0.267 e. The summed E-state index contributed by atoms with van der Waals surface area (Å²) in [5.74, 6) is 0. The van der Waals surface area contributed by atoms with Crippen LogP contribution < -0.4 is 33.4 Å². The summed E-state index contributed by atoms with van der Waals surface area (Å²) in [4.78, 5) is 87.9. The standard InChI is InChI=1S/C42H21N3O6/c46-37-31-32(38(47)43(37)28-19-7-13-22-10-1-4-16-25(22)28)34-36(42(51)45(40(34)49)30-21-9-15-24-12-3-6-18-27(24)30)35-33(31)39(48)44(41(35)50)29-20-8-14-23-11-2-5-17-26(23)29/h1-21H. The van der Waals surface area contributed by atoms with E-state index in [9.17, 15) is 28.8 Å². The van der Waals surface area contributed by atoms with Crippen LogP contribution in [0.1, 0.15) is 0 Å². The number of aromatic nitrogens is 3. The number of hydrogen-bond donors (Lipinski definition) is 0. The van der Waals surface area contributed by atoms with Crippen LogP contribution in [0.15, 0.2) is 156 Å². The number of nitrogens with zero attached hydrogens (tertiary/aromatic N) is 3. The van der Waals surface area contributed by atoms with Crippen molar-refractivity contribution >= 4 is 64.6 Å². The molecule has 9 nitrogen and oxygen atoms in total. The normalized spacial score (nSPS) is 12.0. The van der Waals surface area contributed by atoms with Crippen molar-refractivity contribution in [2.24, 2.45) is 0 Å². The predicted molar refractivity (Wildman–Crippen MR) is 201 cm³/mol. The second-order valence-corrected chi connectivity index (χ2v) is 12.6. The van der Waals surface area contributed by atoms with Gasteiger partial charge in [-0.2, -0.15) is 0 Å². The Labute approximate surface area is 284 Å². The van der Waals surface area contributed by atoms with Crippen LogP contribution in [-0.4, -0.2) is 13.7 Å². The van der Waals surface area contributed by atoms with E-state index in [0.29, 0.717) is 16.2 Å². The second kappa shape index (κ2) is 10.1. The van der Waals surface area contributed by atoms with E-state index in [-0.39, 0.29) is 49.4 Å². The van der Waals surface area contributed by atoms with Crippen LogP contribution in [0.2, 0.25) is 0 Å². The van der Waals surface area contributed by atoms with Crippen LogP contribution in [0.4, 0.5) is 0 Å². The van der Waals surface area contributed by atoms with Crippen LogP contribution in [-0.2, 0) is 0 Å². The third-order valence-corrected chi connectivity index (χ3v) is 10.0. The summed E-state index contributed by atoms with van der Waals surface area (Å²) in [5.41, 5.74) is -4.47. The van der Waals surface area contributed by atoms with Gasteiger partial charge in [-0.3, -0.25) is 28.8 Å². The van der Waals surface area contributed by atoms with Crippen LogP contribution in [0.5, 0.6) is 0 Å². The zero-order chi connectivity index (χ0) is 34.7. The van der Waals surface area contributed by atoms with Crippen molar-refractivity contribution in [1.29, 1.82) is 0 Å². The minimum absolute atomic E-state index is 0.243. The van der Waals surface area contributed by atoms with Crippen molar-refractivity contribution in [2.75, 3.05) is 0 Å². The molecule has 9 heteroatoms. The topological polar surface area (TPSA) is 117 Å². The molecule has 0 bridgehead atoms. The van der Waals surface area contributed by atoms with Crippen LogP contribution in [0, 0.1) is 0 Å². The molecule has 240 valence electrons. The quantitative estimate of drug-likeness (QED) is 0.248. The lowest BCUT2D eigenvalue weighted by atomic mass is 10.0. The van der Waals surface area contributed by atoms with E-state index >= 15 is 0 Å². The van der Waals surface area contributed by atoms with Crippen molar-refractivity contribution in [1.82, 2.24) is 13.7 Å². The molecule has 3 heterocycles. The Morgan fingerprint density at radius 2 is 0.471 bits per heavy atom. The van der Waals surface area contributed by atoms with Crippen molar-refractivity contribution in [3.8, 4) is 17.1 Å². The van der Waals surface area contributed by atoms with Gasteiger partial charge >= 0.3 is 0 Å². The van der Waals surface area contributed by atoms with Gasteiger partial charge in [-0.05, 0) is 34.4 Å². The molecule has 0 atom stereocenters. The van der Waals surface area contributed by atoms with Crippen molar-refractivity contribution in [2.45, 2.75) is 0 Å². The molecule has 0 unspecified atom stereocenters. The van der Waals surface area contributed by atoms with Crippen molar-refractivity contribution < 1.29 is 0 Å². The van der Waals surface area contributed by atoms with Gasteiger partial charge in [-0.25, -0.2) is 13.7 Å². The molecule has 0 saturated heterocycles. The fourth-order valence-corrected chi connectivity index (χ4v) is 7.85. The Bertz CT molecular complexity index is 2980. The molecule has 0 radical (unpaired) electrons. The molecular formula is C42H21N3O6. The van der Waals surface area contributed by atoms with Crippen molar-refractivity contribution in [3.63, 3.8) is 0 Å². The summed E-state index contributed by atoms with van der Waals surface area (Å²) in [5, 5.41) is 1.79. The number of hydrogen-bond acceptors (Lipinski definition) is 6. The highest BCUT2D eigenvalue weighted by atomic mass is 16.2. The first-order valence-corrected chi connectivity index (χ1v) is 16.2. The molecule has 51 heavy (non-hydrogen) atoms. The summed E-state index contributed by atoms with van der Waals surface area (Å²) in [6, 6.07) is 37.0. The lowest BCUT2D eigenvalue weighted by Crippen LogP contribution is -2.25. The van der Waals surface area contributed by atoms with Gasteiger partial charge < -0.3 is 0 Å². The predicted octanol–water partition coefficient (Wildman–Crippen LogP) is 5.45. The minimum atomic E-state index is -0.866. The summed E-state index contributed by atoms with van der Waals surface area (Å²) in [6.07, 6.45) is 0. The minimum Gasteiger partial charge on any atom is -0.268 e. The third-order valence-electron chi connectivity index (χ3n) is 10.0. The SMILES string of the molecule is O=c1c2c3c(=O)n(-c4cccc5ccccc45)c(=O)c3c3c(=O)n(-c4cccc5ccccc45)c(=O)c3c2c(=O)n1-c1cccc2ccccc12. The summed E-state index contributed by atoms with van der Waals surface area (Å²) in [6.45, 7) is 0. The van der Waals surface area contributed by atoms with Crippen LogP contribution in [0.25, 0.3) is 81.7 Å². The summed E-state index contributed by atoms with van der Waals surface area (Å²) < 4.78 is 2.80. The Hall–Kier alpha value is -7.26. The molecule has 10 aromatic rings. The van der Waals surface area contributed by atoms with Gasteiger partial charge in [0, 0.05) is 16.2 Å². The van der Waals surface area contributed by atoms with E-state index in [2.05, 4.69) is 0 Å². The smallest absolute Gasteiger partial charge is 0.267 e. The highest BCUT2D eigenvalue weighted by Crippen LogP contribution is 2.31. The Kier molecular flexibility index (Phi) is 5.71. The average Bonchev–Trinajstić information content (AvgIpc) is 3.68. The third kappa shape index (κ3) is 3.63. The summed E-state index contributed by atoms with van der Waals surface area (Å²) in [7, 11) is 0. The van der Waals surface area contributed by atoms with Crippen molar-refractivity contribution in [3.05, 3.63) is 190 Å². The van der Waals surface area contributed by atoms with E-state index in [1.54, 1.807) is 72.8 Å².